The number of benzene rings is 2. The van der Waals surface area contributed by atoms with E-state index in [-0.39, 0.29) is 11.7 Å². The minimum Gasteiger partial charge on any atom is -0.508 e. The van der Waals surface area contributed by atoms with E-state index in [9.17, 15) is 9.90 Å². The predicted molar refractivity (Wildman–Crippen MR) is 101 cm³/mol. The van der Waals surface area contributed by atoms with Gasteiger partial charge in [-0.1, -0.05) is 12.1 Å². The van der Waals surface area contributed by atoms with E-state index in [2.05, 4.69) is 10.3 Å². The van der Waals surface area contributed by atoms with Crippen molar-refractivity contribution in [2.45, 2.75) is 19.4 Å². The first kappa shape index (κ1) is 18.5. The van der Waals surface area contributed by atoms with Crippen LogP contribution in [0.15, 0.2) is 53.5 Å². The number of carbonyl (C=O) groups excluding carboxylic acids is 1. The molecule has 0 spiro atoms. The molecule has 0 aromatic heterocycles. The monoisotopic (exact) mass is 340 g/mol. The Labute approximate surface area is 148 Å². The lowest BCUT2D eigenvalue weighted by molar-refractivity contribution is -0.117. The zero-order valence-electron chi connectivity index (χ0n) is 14.7. The molecular formula is C19H24N4O2. The summed E-state index contributed by atoms with van der Waals surface area (Å²) in [6.45, 7) is 1.93. The first-order chi connectivity index (χ1) is 11.8. The van der Waals surface area contributed by atoms with Gasteiger partial charge in [-0.05, 0) is 55.3 Å². The van der Waals surface area contributed by atoms with Gasteiger partial charge in [0, 0.05) is 19.8 Å². The Morgan fingerprint density at radius 1 is 1.16 bits per heavy atom. The number of amides is 1. The van der Waals surface area contributed by atoms with Crippen LogP contribution >= 0.6 is 0 Å². The average molecular weight is 340 g/mol. The third-order valence-electron chi connectivity index (χ3n) is 3.80. The van der Waals surface area contributed by atoms with E-state index in [4.69, 9.17) is 5.73 Å². The van der Waals surface area contributed by atoms with Crippen LogP contribution in [0.1, 0.15) is 12.5 Å². The molecule has 2 rings (SSSR count). The zero-order valence-corrected chi connectivity index (χ0v) is 14.7. The number of aliphatic imine (C=N–C) groups is 1. The van der Waals surface area contributed by atoms with Gasteiger partial charge in [-0.3, -0.25) is 4.79 Å². The van der Waals surface area contributed by atoms with Crippen molar-refractivity contribution >= 4 is 23.1 Å². The lowest BCUT2D eigenvalue weighted by Crippen LogP contribution is -2.37. The fraction of sp³-hybridized carbons (Fsp3) is 0.263. The molecule has 2 aromatic carbocycles. The SMILES string of the molecule is C/C(=N\c1ccc(NC(=O)[C@@H](N)Cc2ccc(O)cc2)cc1)N(C)C. The van der Waals surface area contributed by atoms with Crippen LogP contribution in [0, 0.1) is 0 Å². The predicted octanol–water partition coefficient (Wildman–Crippen LogP) is 2.51. The maximum Gasteiger partial charge on any atom is 0.241 e. The zero-order chi connectivity index (χ0) is 18.4. The molecule has 0 aliphatic heterocycles. The van der Waals surface area contributed by atoms with Gasteiger partial charge in [0.15, 0.2) is 0 Å². The molecule has 0 unspecified atom stereocenters. The minimum atomic E-state index is -0.668. The minimum absolute atomic E-state index is 0.189. The number of nitrogens with two attached hydrogens (primary N) is 1. The molecule has 132 valence electrons. The second-order valence-corrected chi connectivity index (χ2v) is 6.07. The van der Waals surface area contributed by atoms with Gasteiger partial charge in [-0.15, -0.1) is 0 Å². The molecule has 0 bridgehead atoms. The van der Waals surface area contributed by atoms with Crippen molar-refractivity contribution < 1.29 is 9.90 Å². The molecule has 6 nitrogen and oxygen atoms in total. The van der Waals surface area contributed by atoms with Crippen molar-refractivity contribution in [3.05, 3.63) is 54.1 Å². The maximum absolute atomic E-state index is 12.2. The van der Waals surface area contributed by atoms with Gasteiger partial charge in [0.2, 0.25) is 5.91 Å². The summed E-state index contributed by atoms with van der Waals surface area (Å²) >= 11 is 0. The molecule has 25 heavy (non-hydrogen) atoms. The van der Waals surface area contributed by atoms with Crippen LogP contribution in [0.3, 0.4) is 0 Å². The topological polar surface area (TPSA) is 91.0 Å². The van der Waals surface area contributed by atoms with Gasteiger partial charge >= 0.3 is 0 Å². The van der Waals surface area contributed by atoms with Crippen molar-refractivity contribution in [2.75, 3.05) is 19.4 Å². The number of hydrogen-bond acceptors (Lipinski definition) is 4. The Morgan fingerprint density at radius 3 is 2.32 bits per heavy atom. The van der Waals surface area contributed by atoms with Gasteiger partial charge in [0.05, 0.1) is 11.7 Å². The highest BCUT2D eigenvalue weighted by molar-refractivity contribution is 5.95. The van der Waals surface area contributed by atoms with Gasteiger partial charge in [0.1, 0.15) is 11.6 Å². The molecule has 0 saturated heterocycles. The molecule has 6 heteroatoms. The Hall–Kier alpha value is -2.86. The highest BCUT2D eigenvalue weighted by atomic mass is 16.3. The van der Waals surface area contributed by atoms with Crippen LogP contribution in [0.4, 0.5) is 11.4 Å². The molecule has 0 aliphatic carbocycles. The second kappa shape index (κ2) is 8.30. The number of carbonyl (C=O) groups is 1. The molecule has 4 N–H and O–H groups in total. The lowest BCUT2D eigenvalue weighted by Gasteiger charge is -2.13. The van der Waals surface area contributed by atoms with E-state index in [1.165, 1.54) is 0 Å². The van der Waals surface area contributed by atoms with Crippen LogP contribution in [-0.2, 0) is 11.2 Å². The van der Waals surface area contributed by atoms with Crippen molar-refractivity contribution in [1.82, 2.24) is 4.90 Å². The van der Waals surface area contributed by atoms with Crippen LogP contribution in [0.2, 0.25) is 0 Å². The number of hydrogen-bond donors (Lipinski definition) is 3. The summed E-state index contributed by atoms with van der Waals surface area (Å²) in [4.78, 5) is 18.6. The van der Waals surface area contributed by atoms with E-state index < -0.39 is 6.04 Å². The standard InChI is InChI=1S/C19H24N4O2/c1-13(23(2)3)21-15-6-8-16(9-7-15)22-19(25)18(20)12-14-4-10-17(24)11-5-14/h4-11,18,24H,12,20H2,1-3H3,(H,22,25)/b21-13+/t18-/m0/s1. The molecule has 0 heterocycles. The number of anilines is 1. The number of nitrogens with zero attached hydrogens (tertiary/aromatic N) is 2. The number of amidine groups is 1. The van der Waals surface area contributed by atoms with Gasteiger partial charge in [-0.25, -0.2) is 4.99 Å². The lowest BCUT2D eigenvalue weighted by atomic mass is 10.1. The van der Waals surface area contributed by atoms with Crippen LogP contribution in [0.5, 0.6) is 5.75 Å². The molecule has 0 fully saturated rings. The summed E-state index contributed by atoms with van der Waals surface area (Å²) in [6, 6.07) is 13.3. The Kier molecular flexibility index (Phi) is 6.14. The van der Waals surface area contributed by atoms with E-state index >= 15 is 0 Å². The van der Waals surface area contributed by atoms with E-state index in [0.29, 0.717) is 12.1 Å². The van der Waals surface area contributed by atoms with Crippen LogP contribution < -0.4 is 11.1 Å². The van der Waals surface area contributed by atoms with E-state index in [1.807, 2.05) is 38.1 Å². The quantitative estimate of drug-likeness (QED) is 0.576. The van der Waals surface area contributed by atoms with Crippen LogP contribution in [0.25, 0.3) is 0 Å². The van der Waals surface area contributed by atoms with Crippen molar-refractivity contribution in [3.63, 3.8) is 0 Å². The fourth-order valence-electron chi connectivity index (χ4n) is 2.12. The summed E-state index contributed by atoms with van der Waals surface area (Å²) in [6.07, 6.45) is 0.399. The molecule has 2 aromatic rings. The Bertz CT molecular complexity index is 737. The highest BCUT2D eigenvalue weighted by Gasteiger charge is 2.14. The molecule has 0 radical (unpaired) electrons. The highest BCUT2D eigenvalue weighted by Crippen LogP contribution is 2.17. The number of phenolic OH excluding ortho intramolecular Hbond substituents is 1. The number of aromatic hydroxyl groups is 1. The summed E-state index contributed by atoms with van der Waals surface area (Å²) in [5.74, 6) is 0.829. The summed E-state index contributed by atoms with van der Waals surface area (Å²) < 4.78 is 0. The van der Waals surface area contributed by atoms with E-state index in [0.717, 1.165) is 17.1 Å². The molecular weight excluding hydrogens is 316 g/mol. The molecule has 0 aliphatic rings. The summed E-state index contributed by atoms with van der Waals surface area (Å²) in [5.41, 5.74) is 8.35. The smallest absolute Gasteiger partial charge is 0.241 e. The van der Waals surface area contributed by atoms with Crippen molar-refractivity contribution in [1.29, 1.82) is 0 Å². The first-order valence-electron chi connectivity index (χ1n) is 8.02. The number of phenols is 1. The fourth-order valence-corrected chi connectivity index (χ4v) is 2.12. The van der Waals surface area contributed by atoms with Crippen LogP contribution in [-0.4, -0.2) is 41.9 Å². The third-order valence-corrected chi connectivity index (χ3v) is 3.80. The Balaban J connectivity index is 1.95. The second-order valence-electron chi connectivity index (χ2n) is 6.07. The Morgan fingerprint density at radius 2 is 1.76 bits per heavy atom. The van der Waals surface area contributed by atoms with Crippen molar-refractivity contribution in [3.8, 4) is 5.75 Å². The molecule has 0 saturated carbocycles. The number of rotatable bonds is 5. The van der Waals surface area contributed by atoms with Gasteiger partial charge in [0.25, 0.3) is 0 Å². The molecule has 1 amide bonds. The van der Waals surface area contributed by atoms with E-state index in [1.54, 1.807) is 36.4 Å². The summed E-state index contributed by atoms with van der Waals surface area (Å²) in [7, 11) is 3.87. The largest absolute Gasteiger partial charge is 0.508 e. The summed E-state index contributed by atoms with van der Waals surface area (Å²) in [5, 5.41) is 12.1. The molecule has 1 atom stereocenters. The average Bonchev–Trinajstić information content (AvgIpc) is 2.58. The first-order valence-corrected chi connectivity index (χ1v) is 8.02. The normalized spacial score (nSPS) is 12.6. The third kappa shape index (κ3) is 5.61. The number of nitrogens with one attached hydrogen (secondary N) is 1. The van der Waals surface area contributed by atoms with Crippen molar-refractivity contribution in [2.24, 2.45) is 10.7 Å². The van der Waals surface area contributed by atoms with Gasteiger partial charge in [-0.2, -0.15) is 0 Å². The van der Waals surface area contributed by atoms with Gasteiger partial charge < -0.3 is 21.1 Å². The maximum atomic E-state index is 12.2.